The molecule has 0 aliphatic carbocycles. The van der Waals surface area contributed by atoms with E-state index in [1.54, 1.807) is 0 Å². The zero-order valence-corrected chi connectivity index (χ0v) is 11.6. The molecule has 0 saturated carbocycles. The van der Waals surface area contributed by atoms with E-state index in [4.69, 9.17) is 4.74 Å². The van der Waals surface area contributed by atoms with Crippen LogP contribution in [-0.2, 0) is 4.74 Å². The van der Waals surface area contributed by atoms with Crippen molar-refractivity contribution in [2.75, 3.05) is 13.2 Å². The van der Waals surface area contributed by atoms with Crippen LogP contribution in [0, 0.1) is 13.8 Å². The van der Waals surface area contributed by atoms with Gasteiger partial charge in [-0.1, -0.05) is 33.1 Å². The van der Waals surface area contributed by atoms with E-state index in [0.29, 0.717) is 0 Å². The molecule has 0 saturated heterocycles. The maximum Gasteiger partial charge on any atom is 2.00 e. The fourth-order valence-corrected chi connectivity index (χ4v) is 0.553. The first-order chi connectivity index (χ1) is 6.33. The molecule has 0 heterocycles. The Bertz CT molecular complexity index is 59.3. The first-order valence-electron chi connectivity index (χ1n) is 5.49. The van der Waals surface area contributed by atoms with Crippen LogP contribution in [0.2, 0.25) is 0 Å². The molecular weight excluding hydrogens is 184 g/mol. The molecule has 0 amide bonds. The van der Waals surface area contributed by atoms with Crippen LogP contribution in [0.4, 0.5) is 0 Å². The number of unbranched alkanes of at least 4 members (excludes halogenated alkanes) is 3. The summed E-state index contributed by atoms with van der Waals surface area (Å²) in [7, 11) is 0. The second-order valence-corrected chi connectivity index (χ2v) is 3.03. The van der Waals surface area contributed by atoms with Crippen LogP contribution in [-0.4, -0.2) is 36.3 Å². The van der Waals surface area contributed by atoms with Crippen molar-refractivity contribution in [3.8, 4) is 0 Å². The van der Waals surface area contributed by atoms with E-state index in [-0.39, 0.29) is 23.1 Å². The third-order valence-corrected chi connectivity index (χ3v) is 1.53. The summed E-state index contributed by atoms with van der Waals surface area (Å²) in [5.74, 6) is 0. The third-order valence-electron chi connectivity index (χ3n) is 1.53. The van der Waals surface area contributed by atoms with Gasteiger partial charge in [0.05, 0.1) is 0 Å². The molecule has 0 aromatic rings. The molecule has 0 bridgehead atoms. The zero-order chi connectivity index (χ0) is 10.4. The molecule has 0 aliphatic heterocycles. The summed E-state index contributed by atoms with van der Waals surface area (Å²) < 4.78 is 5.27. The van der Waals surface area contributed by atoms with Gasteiger partial charge in [-0.05, 0) is 6.42 Å². The van der Waals surface area contributed by atoms with Crippen molar-refractivity contribution in [3.63, 3.8) is 0 Å². The van der Waals surface area contributed by atoms with E-state index >= 15 is 0 Å². The molecule has 2 heteroatoms. The van der Waals surface area contributed by atoms with E-state index in [9.17, 15) is 0 Å². The standard InChI is InChI=1S/C8H17O.C4H9.Mg/c1-3-5-7-9-8-6-4-2;1-3-4-2;/h1,3-8H2,2H3;1,3-4H2,2H3;/q2*-1;+2. The zero-order valence-electron chi connectivity index (χ0n) is 10.2. The van der Waals surface area contributed by atoms with Crippen molar-refractivity contribution in [1.82, 2.24) is 0 Å². The minimum atomic E-state index is 0. The number of rotatable bonds is 7. The smallest absolute Gasteiger partial charge is 0.382 e. The molecule has 0 spiro atoms. The van der Waals surface area contributed by atoms with E-state index < -0.39 is 0 Å². The molecule has 0 fully saturated rings. The maximum atomic E-state index is 5.27. The molecule has 0 aromatic heterocycles. The molecule has 0 aromatic carbocycles. The molecule has 0 aliphatic rings. The monoisotopic (exact) mass is 210 g/mol. The molecule has 1 nitrogen and oxygen atoms in total. The van der Waals surface area contributed by atoms with Crippen molar-refractivity contribution >= 4 is 23.1 Å². The fourth-order valence-electron chi connectivity index (χ4n) is 0.553. The van der Waals surface area contributed by atoms with Crippen LogP contribution in [0.25, 0.3) is 0 Å². The van der Waals surface area contributed by atoms with Crippen LogP contribution in [0.3, 0.4) is 0 Å². The Kier molecular flexibility index (Phi) is 33.9. The quantitative estimate of drug-likeness (QED) is 0.354. The predicted octanol–water partition coefficient (Wildman–Crippen LogP) is 3.66. The van der Waals surface area contributed by atoms with E-state index in [1.807, 2.05) is 0 Å². The first-order valence-corrected chi connectivity index (χ1v) is 5.49. The summed E-state index contributed by atoms with van der Waals surface area (Å²) >= 11 is 0. The van der Waals surface area contributed by atoms with Crippen molar-refractivity contribution in [3.05, 3.63) is 13.8 Å². The first kappa shape index (κ1) is 20.2. The molecule has 82 valence electrons. The van der Waals surface area contributed by atoms with Gasteiger partial charge in [-0.2, -0.15) is 12.8 Å². The van der Waals surface area contributed by atoms with Gasteiger partial charge in [0.2, 0.25) is 0 Å². The third kappa shape index (κ3) is 29.3. The van der Waals surface area contributed by atoms with Gasteiger partial charge >= 0.3 is 23.1 Å². The van der Waals surface area contributed by atoms with E-state index in [2.05, 4.69) is 27.7 Å². The summed E-state index contributed by atoms with van der Waals surface area (Å²) in [6.45, 7) is 13.4. The van der Waals surface area contributed by atoms with Gasteiger partial charge < -0.3 is 18.6 Å². The van der Waals surface area contributed by atoms with Crippen LogP contribution >= 0.6 is 0 Å². The van der Waals surface area contributed by atoms with Crippen molar-refractivity contribution in [2.45, 2.75) is 52.4 Å². The molecule has 0 N–H and O–H groups in total. The van der Waals surface area contributed by atoms with Crippen LogP contribution in [0.1, 0.15) is 52.4 Å². The second kappa shape index (κ2) is 23.5. The van der Waals surface area contributed by atoms with Crippen molar-refractivity contribution in [1.29, 1.82) is 0 Å². The van der Waals surface area contributed by atoms with Crippen LogP contribution in [0.5, 0.6) is 0 Å². The fraction of sp³-hybridized carbons (Fsp3) is 0.833. The second-order valence-electron chi connectivity index (χ2n) is 3.03. The predicted molar refractivity (Wildman–Crippen MR) is 66.3 cm³/mol. The minimum absolute atomic E-state index is 0. The Morgan fingerprint density at radius 1 is 0.857 bits per heavy atom. The summed E-state index contributed by atoms with van der Waals surface area (Å²) in [5, 5.41) is 0. The molecule has 0 rings (SSSR count). The summed E-state index contributed by atoms with van der Waals surface area (Å²) in [4.78, 5) is 0. The summed E-state index contributed by atoms with van der Waals surface area (Å²) in [6, 6.07) is 0. The van der Waals surface area contributed by atoms with E-state index in [0.717, 1.165) is 32.5 Å². The van der Waals surface area contributed by atoms with Gasteiger partial charge in [-0.25, -0.2) is 0 Å². The summed E-state index contributed by atoms with van der Waals surface area (Å²) in [6.07, 6.45) is 6.79. The molecule has 0 unspecified atom stereocenters. The van der Waals surface area contributed by atoms with Gasteiger partial charge in [0, 0.05) is 13.2 Å². The molecule has 0 radical (unpaired) electrons. The largest absolute Gasteiger partial charge is 2.00 e. The van der Waals surface area contributed by atoms with E-state index in [1.165, 1.54) is 19.3 Å². The van der Waals surface area contributed by atoms with Crippen molar-refractivity contribution < 1.29 is 4.74 Å². The minimum Gasteiger partial charge on any atom is -0.382 e. The van der Waals surface area contributed by atoms with Gasteiger partial charge in [0.1, 0.15) is 0 Å². The Balaban J connectivity index is -0.000000209. The van der Waals surface area contributed by atoms with Gasteiger partial charge in [-0.15, -0.1) is 0 Å². The number of ether oxygens (including phenoxy) is 1. The average molecular weight is 211 g/mol. The number of hydrogen-bond acceptors (Lipinski definition) is 1. The molecule has 0 atom stereocenters. The van der Waals surface area contributed by atoms with Crippen LogP contribution in [0.15, 0.2) is 0 Å². The van der Waals surface area contributed by atoms with Crippen molar-refractivity contribution in [2.24, 2.45) is 0 Å². The Morgan fingerprint density at radius 2 is 1.36 bits per heavy atom. The SMILES string of the molecule is [CH2-]CCC.[CH2-]CCCOCCCC.[Mg+2]. The Hall–Kier alpha value is 0.726. The number of hydrogen-bond donors (Lipinski definition) is 0. The average Bonchev–Trinajstić information content (AvgIpc) is 2.18. The molecule has 14 heavy (non-hydrogen) atoms. The summed E-state index contributed by atoms with van der Waals surface area (Å²) in [5.41, 5.74) is 0. The van der Waals surface area contributed by atoms with Crippen LogP contribution < -0.4 is 0 Å². The molecular formula is C12H26MgO. The topological polar surface area (TPSA) is 9.23 Å². The Morgan fingerprint density at radius 3 is 1.71 bits per heavy atom. The Labute approximate surface area is 107 Å². The van der Waals surface area contributed by atoms with Gasteiger partial charge in [0.15, 0.2) is 0 Å². The normalized spacial score (nSPS) is 8.57. The van der Waals surface area contributed by atoms with Gasteiger partial charge in [-0.3, -0.25) is 0 Å². The maximum absolute atomic E-state index is 5.27. The van der Waals surface area contributed by atoms with Gasteiger partial charge in [0.25, 0.3) is 0 Å².